The zero-order valence-corrected chi connectivity index (χ0v) is 14.5. The fraction of sp³-hybridized carbons (Fsp3) is 0.0588. The number of aromatic amines is 1. The fourth-order valence-electron chi connectivity index (χ4n) is 2.39. The molecule has 0 amide bonds. The molecule has 144 valence electrons. The minimum atomic E-state index is -4.85. The molecule has 3 rings (SSSR count). The van der Waals surface area contributed by atoms with Crippen molar-refractivity contribution < 1.29 is 18.1 Å². The van der Waals surface area contributed by atoms with Crippen molar-refractivity contribution in [2.24, 2.45) is 4.99 Å². The van der Waals surface area contributed by atoms with Crippen LogP contribution in [0.3, 0.4) is 0 Å². The first-order valence-corrected chi connectivity index (χ1v) is 8.01. The number of nitro groups is 1. The van der Waals surface area contributed by atoms with Gasteiger partial charge in [-0.2, -0.15) is 13.2 Å². The van der Waals surface area contributed by atoms with Crippen LogP contribution in [0, 0.1) is 10.1 Å². The molecule has 28 heavy (non-hydrogen) atoms. The number of halogens is 4. The molecule has 1 aromatic heterocycles. The van der Waals surface area contributed by atoms with E-state index in [1.807, 2.05) is 5.10 Å². The zero-order chi connectivity index (χ0) is 20.5. The van der Waals surface area contributed by atoms with Gasteiger partial charge in [-0.05, 0) is 30.3 Å². The maximum atomic E-state index is 13.4. The van der Waals surface area contributed by atoms with E-state index in [1.54, 1.807) is 12.1 Å². The van der Waals surface area contributed by atoms with E-state index in [1.165, 1.54) is 12.1 Å². The summed E-state index contributed by atoms with van der Waals surface area (Å²) >= 11 is 5.81. The number of non-ortho nitro benzene ring substituents is 1. The van der Waals surface area contributed by atoms with Crippen molar-refractivity contribution in [1.29, 1.82) is 0 Å². The van der Waals surface area contributed by atoms with Crippen molar-refractivity contribution in [3.05, 3.63) is 85.3 Å². The smallest absolute Gasteiger partial charge is 0.286 e. The Hall–Kier alpha value is -3.40. The van der Waals surface area contributed by atoms with Gasteiger partial charge in [0, 0.05) is 23.4 Å². The molecule has 0 saturated carbocycles. The minimum absolute atomic E-state index is 0.00325. The standard InChI is InChI=1S/C17H10ClF3N4O3/c18-10-2-1-3-11(8-10)22-9-14-15(17(19,20)21)23-24(16(14)26)12-4-6-13(7-5-12)25(27)28/h1-9,23H. The average Bonchev–Trinajstić information content (AvgIpc) is 2.97. The predicted octanol–water partition coefficient (Wildman–Crippen LogP) is 4.50. The Bertz CT molecular complexity index is 1120. The fourth-order valence-corrected chi connectivity index (χ4v) is 2.57. The SMILES string of the molecule is O=c1c(C=Nc2cccc(Cl)c2)c(C(F)(F)F)[nH]n1-c1ccc([N+](=O)[O-])cc1. The summed E-state index contributed by atoms with van der Waals surface area (Å²) in [5, 5.41) is 13.0. The van der Waals surface area contributed by atoms with Crippen molar-refractivity contribution >= 4 is 29.2 Å². The number of nitrogens with one attached hydrogen (secondary N) is 1. The first-order chi connectivity index (χ1) is 13.2. The van der Waals surface area contributed by atoms with Gasteiger partial charge in [0.05, 0.1) is 21.9 Å². The summed E-state index contributed by atoms with van der Waals surface area (Å²) in [6.45, 7) is 0. The lowest BCUT2D eigenvalue weighted by molar-refractivity contribution is -0.384. The van der Waals surface area contributed by atoms with Crippen LogP contribution in [0.5, 0.6) is 0 Å². The molecule has 0 radical (unpaired) electrons. The van der Waals surface area contributed by atoms with E-state index in [-0.39, 0.29) is 17.1 Å². The molecule has 11 heteroatoms. The number of H-pyrrole nitrogens is 1. The first-order valence-electron chi connectivity index (χ1n) is 7.63. The molecule has 0 spiro atoms. The topological polar surface area (TPSA) is 93.3 Å². The van der Waals surface area contributed by atoms with Gasteiger partial charge in [0.1, 0.15) is 0 Å². The van der Waals surface area contributed by atoms with Crippen LogP contribution in [0.1, 0.15) is 11.3 Å². The van der Waals surface area contributed by atoms with Gasteiger partial charge in [-0.25, -0.2) is 4.68 Å². The van der Waals surface area contributed by atoms with Crippen LogP contribution < -0.4 is 5.56 Å². The highest BCUT2D eigenvalue weighted by atomic mass is 35.5. The molecular weight excluding hydrogens is 401 g/mol. The molecule has 0 aliphatic rings. The Balaban J connectivity index is 2.09. The zero-order valence-electron chi connectivity index (χ0n) is 13.8. The van der Waals surface area contributed by atoms with Gasteiger partial charge in [-0.1, -0.05) is 17.7 Å². The molecule has 0 aliphatic heterocycles. The quantitative estimate of drug-likeness (QED) is 0.390. The van der Waals surface area contributed by atoms with E-state index >= 15 is 0 Å². The van der Waals surface area contributed by atoms with E-state index in [4.69, 9.17) is 11.6 Å². The summed E-state index contributed by atoms with van der Waals surface area (Å²) in [5.41, 5.74) is -2.99. The highest BCUT2D eigenvalue weighted by Gasteiger charge is 2.37. The van der Waals surface area contributed by atoms with Crippen molar-refractivity contribution in [1.82, 2.24) is 9.78 Å². The highest BCUT2D eigenvalue weighted by Crippen LogP contribution is 2.29. The molecule has 0 atom stereocenters. The predicted molar refractivity (Wildman–Crippen MR) is 96.8 cm³/mol. The molecule has 0 unspecified atom stereocenters. The van der Waals surface area contributed by atoms with Gasteiger partial charge in [0.25, 0.3) is 11.2 Å². The van der Waals surface area contributed by atoms with Crippen LogP contribution in [0.2, 0.25) is 5.02 Å². The second-order valence-corrected chi connectivity index (χ2v) is 5.99. The second kappa shape index (κ2) is 7.31. The molecule has 0 aliphatic carbocycles. The third kappa shape index (κ3) is 3.96. The van der Waals surface area contributed by atoms with Gasteiger partial charge >= 0.3 is 6.18 Å². The third-order valence-corrected chi connectivity index (χ3v) is 3.91. The lowest BCUT2D eigenvalue weighted by atomic mass is 10.2. The Labute approximate surface area is 159 Å². The van der Waals surface area contributed by atoms with Gasteiger partial charge in [-0.15, -0.1) is 0 Å². The monoisotopic (exact) mass is 410 g/mol. The van der Waals surface area contributed by atoms with Gasteiger partial charge < -0.3 is 0 Å². The summed E-state index contributed by atoms with van der Waals surface area (Å²) in [5.74, 6) is 0. The lowest BCUT2D eigenvalue weighted by Crippen LogP contribution is -2.17. The molecule has 1 N–H and O–H groups in total. The van der Waals surface area contributed by atoms with Crippen LogP contribution >= 0.6 is 11.6 Å². The number of aromatic nitrogens is 2. The van der Waals surface area contributed by atoms with Crippen LogP contribution in [-0.2, 0) is 6.18 Å². The first kappa shape index (κ1) is 19.4. The maximum absolute atomic E-state index is 13.4. The van der Waals surface area contributed by atoms with Gasteiger partial charge in [0.15, 0.2) is 5.69 Å². The third-order valence-electron chi connectivity index (χ3n) is 3.68. The number of benzene rings is 2. The van der Waals surface area contributed by atoms with E-state index in [0.29, 0.717) is 9.70 Å². The summed E-state index contributed by atoms with van der Waals surface area (Å²) in [4.78, 5) is 26.5. The molecule has 0 saturated heterocycles. The van der Waals surface area contributed by atoms with Crippen molar-refractivity contribution in [3.63, 3.8) is 0 Å². The molecule has 0 bridgehead atoms. The average molecular weight is 411 g/mol. The molecule has 3 aromatic rings. The minimum Gasteiger partial charge on any atom is -0.286 e. The number of hydrogen-bond donors (Lipinski definition) is 1. The number of nitrogens with zero attached hydrogens (tertiary/aromatic N) is 3. The maximum Gasteiger partial charge on any atom is 0.433 e. The Morgan fingerprint density at radius 1 is 1.18 bits per heavy atom. The summed E-state index contributed by atoms with van der Waals surface area (Å²) < 4.78 is 40.7. The van der Waals surface area contributed by atoms with Crippen molar-refractivity contribution in [2.75, 3.05) is 0 Å². The highest BCUT2D eigenvalue weighted by molar-refractivity contribution is 6.30. The Morgan fingerprint density at radius 2 is 1.86 bits per heavy atom. The van der Waals surface area contributed by atoms with Crippen LogP contribution in [-0.4, -0.2) is 20.9 Å². The molecule has 0 fully saturated rings. The summed E-state index contributed by atoms with van der Waals surface area (Å²) in [6.07, 6.45) is -4.05. The van der Waals surface area contributed by atoms with Crippen molar-refractivity contribution in [3.8, 4) is 5.69 Å². The van der Waals surface area contributed by atoms with E-state index in [0.717, 1.165) is 30.5 Å². The van der Waals surface area contributed by atoms with E-state index in [9.17, 15) is 28.1 Å². The number of nitro benzene ring substituents is 1. The van der Waals surface area contributed by atoms with Gasteiger partial charge in [-0.3, -0.25) is 25.0 Å². The molecule has 1 heterocycles. The Morgan fingerprint density at radius 3 is 2.43 bits per heavy atom. The lowest BCUT2D eigenvalue weighted by Gasteiger charge is -2.04. The Kier molecular flexibility index (Phi) is 5.06. The second-order valence-electron chi connectivity index (χ2n) is 5.55. The van der Waals surface area contributed by atoms with E-state index in [2.05, 4.69) is 4.99 Å². The normalized spacial score (nSPS) is 11.9. The largest absolute Gasteiger partial charge is 0.433 e. The van der Waals surface area contributed by atoms with E-state index < -0.39 is 27.9 Å². The molecule has 7 nitrogen and oxygen atoms in total. The summed E-state index contributed by atoms with van der Waals surface area (Å²) in [6, 6.07) is 10.5. The summed E-state index contributed by atoms with van der Waals surface area (Å²) in [7, 11) is 0. The number of alkyl halides is 3. The molecular formula is C17H10ClF3N4O3. The molecule has 2 aromatic carbocycles. The number of hydrogen-bond acceptors (Lipinski definition) is 4. The van der Waals surface area contributed by atoms with Crippen LogP contribution in [0.15, 0.2) is 58.3 Å². The van der Waals surface area contributed by atoms with Gasteiger partial charge in [0.2, 0.25) is 0 Å². The van der Waals surface area contributed by atoms with Crippen LogP contribution in [0.25, 0.3) is 5.69 Å². The number of rotatable bonds is 4. The van der Waals surface area contributed by atoms with Crippen LogP contribution in [0.4, 0.5) is 24.5 Å². The number of aliphatic imine (C=N–C) groups is 1. The van der Waals surface area contributed by atoms with Crippen molar-refractivity contribution in [2.45, 2.75) is 6.18 Å².